The van der Waals surface area contributed by atoms with Crippen molar-refractivity contribution in [1.29, 1.82) is 0 Å². The number of benzene rings is 1. The maximum Gasteiger partial charge on any atom is 0.191 e. The minimum atomic E-state index is -0.578. The first-order valence-corrected chi connectivity index (χ1v) is 10.6. The van der Waals surface area contributed by atoms with Gasteiger partial charge < -0.3 is 20.5 Å². The molecule has 2 heterocycles. The van der Waals surface area contributed by atoms with Gasteiger partial charge in [0.15, 0.2) is 5.96 Å². The van der Waals surface area contributed by atoms with E-state index in [0.29, 0.717) is 6.54 Å². The molecule has 1 aliphatic heterocycles. The Morgan fingerprint density at radius 1 is 1.30 bits per heavy atom. The van der Waals surface area contributed by atoms with Gasteiger partial charge in [-0.25, -0.2) is 0 Å². The fraction of sp³-hybridized carbons (Fsp3) is 0.550. The van der Waals surface area contributed by atoms with Crippen LogP contribution in [-0.4, -0.2) is 68.4 Å². The van der Waals surface area contributed by atoms with Crippen molar-refractivity contribution in [3.05, 3.63) is 35.2 Å². The molecule has 1 saturated heterocycles. The zero-order valence-electron chi connectivity index (χ0n) is 16.0. The number of aliphatic imine (C=N–C) groups is 1. The van der Waals surface area contributed by atoms with Crippen LogP contribution in [0.15, 0.2) is 35.3 Å². The number of guanidine groups is 1. The molecule has 1 fully saturated rings. The van der Waals surface area contributed by atoms with Crippen LogP contribution in [0.4, 0.5) is 0 Å². The van der Waals surface area contributed by atoms with E-state index in [0.717, 1.165) is 63.2 Å². The number of hydrogen-bond acceptors (Lipinski definition) is 5. The van der Waals surface area contributed by atoms with Gasteiger partial charge in [-0.15, -0.1) is 11.3 Å². The van der Waals surface area contributed by atoms with E-state index >= 15 is 0 Å². The lowest BCUT2D eigenvalue weighted by atomic mass is 10.2. The summed E-state index contributed by atoms with van der Waals surface area (Å²) in [7, 11) is 0. The van der Waals surface area contributed by atoms with Gasteiger partial charge in [0, 0.05) is 35.8 Å². The predicted molar refractivity (Wildman–Crippen MR) is 113 cm³/mol. The number of rotatable bonds is 8. The molecule has 0 bridgehead atoms. The van der Waals surface area contributed by atoms with Gasteiger partial charge in [-0.3, -0.25) is 9.89 Å². The maximum absolute atomic E-state index is 10.5. The molecular weight excluding hydrogens is 360 g/mol. The molecule has 1 aliphatic rings. The van der Waals surface area contributed by atoms with Gasteiger partial charge in [0.25, 0.3) is 0 Å². The molecule has 0 aliphatic carbocycles. The maximum atomic E-state index is 10.5. The Kier molecular flexibility index (Phi) is 7.89. The van der Waals surface area contributed by atoms with Crippen molar-refractivity contribution in [1.82, 2.24) is 15.5 Å². The second-order valence-electron chi connectivity index (χ2n) is 6.66. The molecule has 0 radical (unpaired) electrons. The second kappa shape index (κ2) is 10.6. The highest BCUT2D eigenvalue weighted by atomic mass is 32.1. The fourth-order valence-electron chi connectivity index (χ4n) is 3.11. The molecule has 1 aromatic heterocycles. The van der Waals surface area contributed by atoms with E-state index in [-0.39, 0.29) is 0 Å². The lowest BCUT2D eigenvalue weighted by Gasteiger charge is -2.26. The molecule has 27 heavy (non-hydrogen) atoms. The third kappa shape index (κ3) is 6.17. The van der Waals surface area contributed by atoms with Gasteiger partial charge in [-0.1, -0.05) is 18.2 Å². The Morgan fingerprint density at radius 2 is 2.11 bits per heavy atom. The number of morpholine rings is 1. The van der Waals surface area contributed by atoms with Gasteiger partial charge in [0.2, 0.25) is 0 Å². The summed E-state index contributed by atoms with van der Waals surface area (Å²) < 4.78 is 6.57. The Balaban J connectivity index is 1.47. The summed E-state index contributed by atoms with van der Waals surface area (Å²) in [5.74, 6) is 0.764. The Bertz CT molecular complexity index is 695. The largest absolute Gasteiger partial charge is 0.386 e. The van der Waals surface area contributed by atoms with Gasteiger partial charge in [-0.2, -0.15) is 0 Å². The van der Waals surface area contributed by atoms with Crippen LogP contribution < -0.4 is 10.6 Å². The van der Waals surface area contributed by atoms with Crippen LogP contribution in [0, 0.1) is 0 Å². The number of nitrogens with one attached hydrogen (secondary N) is 2. The zero-order chi connectivity index (χ0) is 18.9. The first kappa shape index (κ1) is 20.1. The summed E-state index contributed by atoms with van der Waals surface area (Å²) in [5, 5.41) is 18.3. The number of aliphatic hydroxyl groups is 1. The summed E-state index contributed by atoms with van der Waals surface area (Å²) in [4.78, 5) is 7.95. The van der Waals surface area contributed by atoms with Crippen LogP contribution in [0.1, 0.15) is 24.3 Å². The average Bonchev–Trinajstić information content (AvgIpc) is 3.14. The van der Waals surface area contributed by atoms with Crippen LogP contribution in [0.2, 0.25) is 0 Å². The summed E-state index contributed by atoms with van der Waals surface area (Å²) >= 11 is 1.63. The topological polar surface area (TPSA) is 69.1 Å². The van der Waals surface area contributed by atoms with Gasteiger partial charge >= 0.3 is 0 Å². The van der Waals surface area contributed by atoms with Gasteiger partial charge in [0.05, 0.1) is 19.8 Å². The number of aliphatic hydroxyl groups excluding tert-OH is 1. The highest BCUT2D eigenvalue weighted by Crippen LogP contribution is 2.29. The minimum absolute atomic E-state index is 0.353. The van der Waals surface area contributed by atoms with E-state index in [1.165, 1.54) is 10.1 Å². The lowest BCUT2D eigenvalue weighted by Crippen LogP contribution is -2.40. The van der Waals surface area contributed by atoms with E-state index in [1.54, 1.807) is 11.3 Å². The van der Waals surface area contributed by atoms with Crippen LogP contribution in [0.5, 0.6) is 0 Å². The number of fused-ring (bicyclic) bond motifs is 1. The standard InChI is InChI=1S/C20H30N4O2S/c1-2-21-20(22-8-5-9-24-10-12-26-13-11-24)23-15-17(25)19-14-16-6-3-4-7-18(16)27-19/h3-4,6-7,14,17,25H,2,5,8-13,15H2,1H3,(H2,21,22,23). The minimum Gasteiger partial charge on any atom is -0.386 e. The summed E-state index contributed by atoms with van der Waals surface area (Å²) in [6.45, 7) is 8.86. The molecule has 1 aromatic carbocycles. The molecule has 6 nitrogen and oxygen atoms in total. The van der Waals surface area contributed by atoms with Crippen LogP contribution >= 0.6 is 11.3 Å². The van der Waals surface area contributed by atoms with Crippen LogP contribution in [0.25, 0.3) is 10.1 Å². The Morgan fingerprint density at radius 3 is 2.89 bits per heavy atom. The molecule has 1 unspecified atom stereocenters. The van der Waals surface area contributed by atoms with Crippen molar-refractivity contribution >= 4 is 27.4 Å². The smallest absolute Gasteiger partial charge is 0.191 e. The second-order valence-corrected chi connectivity index (χ2v) is 7.77. The van der Waals surface area contributed by atoms with Crippen molar-refractivity contribution in [2.75, 3.05) is 52.5 Å². The first-order valence-electron chi connectivity index (χ1n) is 9.75. The third-order valence-electron chi connectivity index (χ3n) is 4.59. The highest BCUT2D eigenvalue weighted by molar-refractivity contribution is 7.19. The Labute approximate surface area is 165 Å². The monoisotopic (exact) mass is 390 g/mol. The molecule has 2 aromatic rings. The molecule has 3 rings (SSSR count). The number of ether oxygens (including phenoxy) is 1. The molecule has 0 amide bonds. The summed E-state index contributed by atoms with van der Waals surface area (Å²) in [6, 6.07) is 10.3. The Hall–Kier alpha value is -1.67. The molecule has 7 heteroatoms. The highest BCUT2D eigenvalue weighted by Gasteiger charge is 2.12. The predicted octanol–water partition coefficient (Wildman–Crippen LogP) is 2.21. The molecule has 0 saturated carbocycles. The van der Waals surface area contributed by atoms with E-state index in [1.807, 2.05) is 19.1 Å². The normalized spacial score (nSPS) is 17.2. The first-order chi connectivity index (χ1) is 13.3. The van der Waals surface area contributed by atoms with Crippen molar-refractivity contribution in [2.45, 2.75) is 19.4 Å². The fourth-order valence-corrected chi connectivity index (χ4v) is 4.15. The van der Waals surface area contributed by atoms with Gasteiger partial charge in [-0.05, 0) is 37.4 Å². The van der Waals surface area contributed by atoms with Crippen LogP contribution in [0.3, 0.4) is 0 Å². The molecular formula is C20H30N4O2S. The quantitative estimate of drug-likeness (QED) is 0.366. The molecule has 0 spiro atoms. The third-order valence-corrected chi connectivity index (χ3v) is 5.80. The van der Waals surface area contributed by atoms with Crippen molar-refractivity contribution in [3.63, 3.8) is 0 Å². The van der Waals surface area contributed by atoms with Crippen molar-refractivity contribution in [3.8, 4) is 0 Å². The van der Waals surface area contributed by atoms with E-state index < -0.39 is 6.10 Å². The van der Waals surface area contributed by atoms with Crippen LogP contribution in [-0.2, 0) is 4.74 Å². The SMILES string of the molecule is CCNC(=NCC(O)c1cc2ccccc2s1)NCCCN1CCOCC1. The average molecular weight is 391 g/mol. The van der Waals surface area contributed by atoms with E-state index in [9.17, 15) is 5.11 Å². The number of thiophene rings is 1. The van der Waals surface area contributed by atoms with Crippen molar-refractivity contribution in [2.24, 2.45) is 4.99 Å². The molecule has 3 N–H and O–H groups in total. The molecule has 1 atom stereocenters. The number of nitrogens with zero attached hydrogens (tertiary/aromatic N) is 2. The number of hydrogen-bond donors (Lipinski definition) is 3. The van der Waals surface area contributed by atoms with Crippen molar-refractivity contribution < 1.29 is 9.84 Å². The summed E-state index contributed by atoms with van der Waals surface area (Å²) in [5.41, 5.74) is 0. The lowest BCUT2D eigenvalue weighted by molar-refractivity contribution is 0.0376. The van der Waals surface area contributed by atoms with E-state index in [2.05, 4.69) is 38.7 Å². The zero-order valence-corrected chi connectivity index (χ0v) is 16.8. The van der Waals surface area contributed by atoms with E-state index in [4.69, 9.17) is 4.74 Å². The van der Waals surface area contributed by atoms with Gasteiger partial charge in [0.1, 0.15) is 6.10 Å². The summed E-state index contributed by atoms with van der Waals surface area (Å²) in [6.07, 6.45) is 0.481. The molecule has 148 valence electrons.